The molecule has 2 aromatic carbocycles. The second kappa shape index (κ2) is 11.1. The topological polar surface area (TPSA) is 47.7 Å². The van der Waals surface area contributed by atoms with Crippen LogP contribution in [0.4, 0.5) is 5.82 Å². The van der Waals surface area contributed by atoms with Gasteiger partial charge in [0, 0.05) is 70.0 Å². The van der Waals surface area contributed by atoms with Crippen LogP contribution in [0.25, 0.3) is 0 Å². The first-order valence-electron chi connectivity index (χ1n) is 16.0. The number of benzene rings is 2. The second-order valence-corrected chi connectivity index (χ2v) is 16.7. The standard InChI is InChI=1S/C36H43Cl2N5S/c1-19-14-24(37)10-12-26(19)29(30-21(3)42(6)40-32(30)22-8-9-22)17-23-16-28(23)33-31-34(27-13-11-25(38)15-20(27)2)44-36(4,5)18-39-35(31)43(7)41-33/h10-15,22-23,28-29,34,39H,8-9,16-18H2,1-7H3. The van der Waals surface area contributed by atoms with Crippen molar-refractivity contribution in [1.82, 2.24) is 19.6 Å². The Hall–Kier alpha value is -2.41. The highest BCUT2D eigenvalue weighted by atomic mass is 35.5. The summed E-state index contributed by atoms with van der Waals surface area (Å²) in [6.07, 6.45) is 4.73. The monoisotopic (exact) mass is 647 g/mol. The Kier molecular flexibility index (Phi) is 7.66. The van der Waals surface area contributed by atoms with E-state index in [1.165, 1.54) is 63.3 Å². The summed E-state index contributed by atoms with van der Waals surface area (Å²) >= 11 is 14.9. The molecular weight excluding hydrogens is 605 g/mol. The molecule has 0 radical (unpaired) electrons. The molecule has 2 aliphatic carbocycles. The Morgan fingerprint density at radius 3 is 2.32 bits per heavy atom. The third-order valence-electron chi connectivity index (χ3n) is 10.1. The van der Waals surface area contributed by atoms with Crippen LogP contribution in [0.1, 0.15) is 113 Å². The highest BCUT2D eigenvalue weighted by Gasteiger charge is 2.47. The van der Waals surface area contributed by atoms with Crippen molar-refractivity contribution in [2.24, 2.45) is 20.0 Å². The summed E-state index contributed by atoms with van der Waals surface area (Å²) in [4.78, 5) is 0. The summed E-state index contributed by atoms with van der Waals surface area (Å²) in [5.41, 5.74) is 11.9. The van der Waals surface area contributed by atoms with Crippen LogP contribution >= 0.6 is 35.0 Å². The molecule has 0 bridgehead atoms. The fraction of sp³-hybridized carbons (Fsp3) is 0.500. The molecule has 0 spiro atoms. The Bertz CT molecular complexity index is 1750. The van der Waals surface area contributed by atoms with Crippen LogP contribution in [0, 0.1) is 26.7 Å². The molecule has 0 amide bonds. The van der Waals surface area contributed by atoms with Gasteiger partial charge in [-0.25, -0.2) is 0 Å². The van der Waals surface area contributed by atoms with Crippen molar-refractivity contribution in [1.29, 1.82) is 0 Å². The van der Waals surface area contributed by atoms with Gasteiger partial charge in [-0.05, 0) is 113 Å². The van der Waals surface area contributed by atoms with E-state index in [2.05, 4.69) is 93.7 Å². The minimum Gasteiger partial charge on any atom is -0.369 e. The summed E-state index contributed by atoms with van der Waals surface area (Å²) in [7, 11) is 4.20. The largest absolute Gasteiger partial charge is 0.369 e. The van der Waals surface area contributed by atoms with E-state index in [0.717, 1.165) is 35.2 Å². The van der Waals surface area contributed by atoms with E-state index in [1.807, 2.05) is 17.8 Å². The zero-order valence-electron chi connectivity index (χ0n) is 26.8. The average molecular weight is 649 g/mol. The van der Waals surface area contributed by atoms with Gasteiger partial charge in [-0.1, -0.05) is 35.3 Å². The molecule has 2 fully saturated rings. The molecule has 1 N–H and O–H groups in total. The molecule has 1 aliphatic heterocycles. The normalized spacial score (nSPS) is 23.2. The first kappa shape index (κ1) is 30.3. The fourth-order valence-corrected chi connectivity index (χ4v) is 9.48. The maximum atomic E-state index is 6.46. The van der Waals surface area contributed by atoms with Crippen LogP contribution in [0.15, 0.2) is 36.4 Å². The molecule has 8 heteroatoms. The molecule has 3 heterocycles. The van der Waals surface area contributed by atoms with Gasteiger partial charge < -0.3 is 5.32 Å². The summed E-state index contributed by atoms with van der Waals surface area (Å²) in [6, 6.07) is 12.8. The number of nitrogens with zero attached hydrogens (tertiary/aromatic N) is 4. The van der Waals surface area contributed by atoms with Gasteiger partial charge in [0.1, 0.15) is 5.82 Å². The van der Waals surface area contributed by atoms with Gasteiger partial charge in [0.25, 0.3) is 0 Å². The maximum Gasteiger partial charge on any atom is 0.128 e. The SMILES string of the molecule is Cc1cc(Cl)ccc1C(CC1CC1c1nn(C)c2c1C(c1ccc(Cl)cc1C)SC(C)(C)CN2)c1c(C2CC2)nn(C)c1C. The zero-order valence-corrected chi connectivity index (χ0v) is 29.2. The molecule has 7 rings (SSSR count). The van der Waals surface area contributed by atoms with Gasteiger partial charge >= 0.3 is 0 Å². The maximum absolute atomic E-state index is 6.46. The van der Waals surface area contributed by atoms with Crippen LogP contribution in [-0.2, 0) is 14.1 Å². The second-order valence-electron chi connectivity index (χ2n) is 14.1. The molecule has 4 aromatic rings. The van der Waals surface area contributed by atoms with Crippen molar-refractivity contribution in [2.45, 2.75) is 88.1 Å². The number of hydrogen-bond acceptors (Lipinski definition) is 4. The first-order chi connectivity index (χ1) is 20.9. The Morgan fingerprint density at radius 1 is 0.955 bits per heavy atom. The zero-order chi connectivity index (χ0) is 31.1. The average Bonchev–Trinajstić information content (AvgIpc) is 3.87. The Labute approximate surface area is 276 Å². The molecule has 0 saturated heterocycles. The van der Waals surface area contributed by atoms with E-state index in [1.54, 1.807) is 0 Å². The first-order valence-corrected chi connectivity index (χ1v) is 17.6. The summed E-state index contributed by atoms with van der Waals surface area (Å²) in [5.74, 6) is 3.02. The Balaban J connectivity index is 1.28. The molecule has 2 aromatic heterocycles. The van der Waals surface area contributed by atoms with Gasteiger partial charge in [-0.2, -0.15) is 10.2 Å². The van der Waals surface area contributed by atoms with E-state index in [0.29, 0.717) is 17.8 Å². The molecular formula is C36H43Cl2N5S. The van der Waals surface area contributed by atoms with Gasteiger partial charge in [-0.3, -0.25) is 9.36 Å². The van der Waals surface area contributed by atoms with Crippen LogP contribution in [0.3, 0.4) is 0 Å². The van der Waals surface area contributed by atoms with Gasteiger partial charge in [0.05, 0.1) is 16.6 Å². The van der Waals surface area contributed by atoms with E-state index < -0.39 is 0 Å². The van der Waals surface area contributed by atoms with Crippen LogP contribution in [0.2, 0.25) is 10.0 Å². The number of nitrogens with one attached hydrogen (secondary N) is 1. The van der Waals surface area contributed by atoms with Crippen molar-refractivity contribution in [3.8, 4) is 0 Å². The molecule has 232 valence electrons. The lowest BCUT2D eigenvalue weighted by Crippen LogP contribution is -2.26. The predicted octanol–water partition coefficient (Wildman–Crippen LogP) is 9.62. The van der Waals surface area contributed by atoms with Crippen molar-refractivity contribution in [3.05, 3.63) is 96.9 Å². The lowest BCUT2D eigenvalue weighted by Gasteiger charge is -2.27. The van der Waals surface area contributed by atoms with Crippen LogP contribution in [-0.4, -0.2) is 30.9 Å². The highest BCUT2D eigenvalue weighted by Crippen LogP contribution is 2.59. The van der Waals surface area contributed by atoms with Crippen molar-refractivity contribution < 1.29 is 0 Å². The van der Waals surface area contributed by atoms with Crippen molar-refractivity contribution in [3.63, 3.8) is 0 Å². The summed E-state index contributed by atoms with van der Waals surface area (Å²) in [5, 5.41) is 15.9. The number of anilines is 1. The third kappa shape index (κ3) is 5.49. The number of rotatable bonds is 7. The molecule has 2 saturated carbocycles. The molecule has 3 aliphatic rings. The van der Waals surface area contributed by atoms with E-state index in [-0.39, 0.29) is 15.9 Å². The number of halogens is 2. The van der Waals surface area contributed by atoms with Crippen LogP contribution in [0.5, 0.6) is 0 Å². The number of aryl methyl sites for hydroxylation is 4. The van der Waals surface area contributed by atoms with Gasteiger partial charge in [-0.15, -0.1) is 11.8 Å². The molecule has 4 unspecified atom stereocenters. The van der Waals surface area contributed by atoms with Gasteiger partial charge in [0.15, 0.2) is 0 Å². The molecule has 44 heavy (non-hydrogen) atoms. The summed E-state index contributed by atoms with van der Waals surface area (Å²) < 4.78 is 4.26. The lowest BCUT2D eigenvalue weighted by atomic mass is 9.82. The van der Waals surface area contributed by atoms with E-state index in [4.69, 9.17) is 33.4 Å². The van der Waals surface area contributed by atoms with Crippen LogP contribution < -0.4 is 5.32 Å². The minimum absolute atomic E-state index is 0.0598. The van der Waals surface area contributed by atoms with Gasteiger partial charge in [0.2, 0.25) is 0 Å². The quantitative estimate of drug-likeness (QED) is 0.217. The highest BCUT2D eigenvalue weighted by molar-refractivity contribution is 8.01. The van der Waals surface area contributed by atoms with Crippen molar-refractivity contribution in [2.75, 3.05) is 11.9 Å². The third-order valence-corrected chi connectivity index (χ3v) is 12.1. The lowest BCUT2D eigenvalue weighted by molar-refractivity contribution is 0.615. The number of fused-ring (bicyclic) bond motifs is 1. The Morgan fingerprint density at radius 2 is 1.64 bits per heavy atom. The smallest absolute Gasteiger partial charge is 0.128 e. The number of aromatic nitrogens is 4. The molecule has 4 atom stereocenters. The van der Waals surface area contributed by atoms with E-state index >= 15 is 0 Å². The number of hydrogen-bond donors (Lipinski definition) is 1. The predicted molar refractivity (Wildman–Crippen MR) is 185 cm³/mol. The molecule has 5 nitrogen and oxygen atoms in total. The number of thioether (sulfide) groups is 1. The minimum atomic E-state index is 0.0598. The fourth-order valence-electron chi connectivity index (χ4n) is 7.49. The van der Waals surface area contributed by atoms with Crippen molar-refractivity contribution >= 4 is 40.8 Å². The summed E-state index contributed by atoms with van der Waals surface area (Å²) in [6.45, 7) is 12.2. The van der Waals surface area contributed by atoms with E-state index in [9.17, 15) is 0 Å².